The van der Waals surface area contributed by atoms with Gasteiger partial charge in [0.2, 0.25) is 0 Å². The topological polar surface area (TPSA) is 51.3 Å². The second kappa shape index (κ2) is 9.52. The highest BCUT2D eigenvalue weighted by Gasteiger charge is 2.39. The molecular formula is C23H37FN6. The molecule has 30 heavy (non-hydrogen) atoms. The maximum Gasteiger partial charge on any atom is 0.191 e. The average molecular weight is 417 g/mol. The van der Waals surface area contributed by atoms with E-state index in [-0.39, 0.29) is 11.4 Å². The van der Waals surface area contributed by atoms with E-state index in [1.807, 2.05) is 12.1 Å². The smallest absolute Gasteiger partial charge is 0.191 e. The predicted octanol–water partition coefficient (Wildman–Crippen LogP) is 2.21. The molecule has 0 saturated carbocycles. The fourth-order valence-electron chi connectivity index (χ4n) is 5.15. The number of piperazine rings is 1. The first-order valence-electron chi connectivity index (χ1n) is 11.5. The number of benzene rings is 1. The third kappa shape index (κ3) is 4.89. The van der Waals surface area contributed by atoms with Gasteiger partial charge in [0.15, 0.2) is 5.96 Å². The van der Waals surface area contributed by atoms with Gasteiger partial charge in [0.05, 0.1) is 6.54 Å². The summed E-state index contributed by atoms with van der Waals surface area (Å²) in [6.45, 7) is 8.96. The molecule has 0 radical (unpaired) electrons. The van der Waals surface area contributed by atoms with Crippen molar-refractivity contribution in [3.63, 3.8) is 0 Å². The van der Waals surface area contributed by atoms with Gasteiger partial charge in [-0.2, -0.15) is 0 Å². The van der Waals surface area contributed by atoms with Gasteiger partial charge < -0.3 is 20.4 Å². The fraction of sp³-hybridized carbons (Fsp3) is 0.696. The van der Waals surface area contributed by atoms with Crippen LogP contribution >= 0.6 is 0 Å². The third-order valence-corrected chi connectivity index (χ3v) is 7.28. The number of hydrogen-bond donors (Lipinski definition) is 1. The zero-order valence-electron chi connectivity index (χ0n) is 18.4. The molecule has 3 heterocycles. The van der Waals surface area contributed by atoms with Crippen molar-refractivity contribution in [2.75, 3.05) is 70.9 Å². The lowest BCUT2D eigenvalue weighted by Gasteiger charge is -2.49. The van der Waals surface area contributed by atoms with Crippen LogP contribution in [-0.4, -0.2) is 92.1 Å². The summed E-state index contributed by atoms with van der Waals surface area (Å²) in [4.78, 5) is 14.6. The van der Waals surface area contributed by atoms with E-state index >= 15 is 0 Å². The standard InChI is InChI=1S/C23H37FN6/c1-27-13-9-23(10-14-27,30-11-3-2-4-12-30)19-26-22(25)29-17-15-28(16-18-29)21-7-5-20(24)6-8-21/h5-8H,2-4,9-19H2,1H3,(H2,25,26). The minimum atomic E-state index is -0.190. The molecule has 1 aromatic rings. The van der Waals surface area contributed by atoms with Crippen LogP contribution in [-0.2, 0) is 0 Å². The maximum atomic E-state index is 13.2. The van der Waals surface area contributed by atoms with Crippen LogP contribution in [0.1, 0.15) is 32.1 Å². The molecule has 0 aromatic heterocycles. The van der Waals surface area contributed by atoms with Crippen LogP contribution in [0.15, 0.2) is 29.3 Å². The molecule has 0 bridgehead atoms. The van der Waals surface area contributed by atoms with Gasteiger partial charge in [0, 0.05) is 37.4 Å². The number of guanidine groups is 1. The molecule has 3 saturated heterocycles. The van der Waals surface area contributed by atoms with Crippen LogP contribution in [0, 0.1) is 5.82 Å². The quantitative estimate of drug-likeness (QED) is 0.603. The second-order valence-corrected chi connectivity index (χ2v) is 9.20. The maximum absolute atomic E-state index is 13.2. The first kappa shape index (κ1) is 21.4. The lowest BCUT2D eigenvalue weighted by atomic mass is 9.84. The van der Waals surface area contributed by atoms with E-state index in [1.54, 1.807) is 0 Å². The summed E-state index contributed by atoms with van der Waals surface area (Å²) in [7, 11) is 2.22. The Morgan fingerprint density at radius 3 is 2.20 bits per heavy atom. The number of nitrogens with two attached hydrogens (primary N) is 1. The highest BCUT2D eigenvalue weighted by Crippen LogP contribution is 2.31. The predicted molar refractivity (Wildman–Crippen MR) is 122 cm³/mol. The van der Waals surface area contributed by atoms with Crippen molar-refractivity contribution >= 4 is 11.6 Å². The van der Waals surface area contributed by atoms with Gasteiger partial charge in [0.25, 0.3) is 0 Å². The first-order valence-corrected chi connectivity index (χ1v) is 11.5. The van der Waals surface area contributed by atoms with Crippen molar-refractivity contribution in [1.29, 1.82) is 0 Å². The lowest BCUT2D eigenvalue weighted by Crippen LogP contribution is -2.58. The van der Waals surface area contributed by atoms with E-state index in [0.717, 1.165) is 51.5 Å². The van der Waals surface area contributed by atoms with E-state index in [2.05, 4.69) is 26.6 Å². The molecule has 0 aliphatic carbocycles. The molecule has 6 nitrogen and oxygen atoms in total. The summed E-state index contributed by atoms with van der Waals surface area (Å²) in [6.07, 6.45) is 6.33. The zero-order valence-corrected chi connectivity index (χ0v) is 18.4. The fourth-order valence-corrected chi connectivity index (χ4v) is 5.15. The van der Waals surface area contributed by atoms with Crippen LogP contribution < -0.4 is 10.6 Å². The Morgan fingerprint density at radius 1 is 0.933 bits per heavy atom. The van der Waals surface area contributed by atoms with Gasteiger partial charge in [0.1, 0.15) is 5.82 Å². The second-order valence-electron chi connectivity index (χ2n) is 9.20. The molecule has 4 rings (SSSR count). The van der Waals surface area contributed by atoms with Gasteiger partial charge in [-0.15, -0.1) is 0 Å². The highest BCUT2D eigenvalue weighted by molar-refractivity contribution is 5.78. The molecule has 7 heteroatoms. The number of halogens is 1. The van der Waals surface area contributed by atoms with E-state index in [1.165, 1.54) is 57.3 Å². The Kier molecular flexibility index (Phi) is 6.78. The average Bonchev–Trinajstić information content (AvgIpc) is 2.80. The summed E-state index contributed by atoms with van der Waals surface area (Å²) in [5.41, 5.74) is 7.71. The van der Waals surface area contributed by atoms with E-state index in [4.69, 9.17) is 10.7 Å². The Balaban J connectivity index is 1.36. The van der Waals surface area contributed by atoms with E-state index in [9.17, 15) is 4.39 Å². The molecule has 1 aromatic carbocycles. The Morgan fingerprint density at radius 2 is 1.57 bits per heavy atom. The van der Waals surface area contributed by atoms with Gasteiger partial charge in [-0.05, 0) is 83.2 Å². The summed E-state index contributed by atoms with van der Waals surface area (Å²) in [5.74, 6) is 0.495. The van der Waals surface area contributed by atoms with E-state index < -0.39 is 0 Å². The van der Waals surface area contributed by atoms with E-state index in [0.29, 0.717) is 5.96 Å². The van der Waals surface area contributed by atoms with Crippen LogP contribution in [0.2, 0.25) is 0 Å². The number of aliphatic imine (C=N–C) groups is 1. The summed E-state index contributed by atoms with van der Waals surface area (Å²) < 4.78 is 13.2. The molecular weight excluding hydrogens is 379 g/mol. The number of anilines is 1. The van der Waals surface area contributed by atoms with Gasteiger partial charge in [-0.3, -0.25) is 9.89 Å². The van der Waals surface area contributed by atoms with Crippen molar-refractivity contribution in [3.8, 4) is 0 Å². The van der Waals surface area contributed by atoms with Crippen LogP contribution in [0.3, 0.4) is 0 Å². The normalized spacial score (nSPS) is 24.3. The molecule has 0 amide bonds. The number of nitrogens with zero attached hydrogens (tertiary/aromatic N) is 5. The van der Waals surface area contributed by atoms with Crippen LogP contribution in [0.5, 0.6) is 0 Å². The van der Waals surface area contributed by atoms with Gasteiger partial charge in [-0.1, -0.05) is 6.42 Å². The number of hydrogen-bond acceptors (Lipinski definition) is 4. The monoisotopic (exact) mass is 416 g/mol. The SMILES string of the molecule is CN1CCC(CN=C(N)N2CCN(c3ccc(F)cc3)CC2)(N2CCCCC2)CC1. The van der Waals surface area contributed by atoms with Crippen molar-refractivity contribution in [2.24, 2.45) is 10.7 Å². The number of likely N-dealkylation sites (tertiary alicyclic amines) is 2. The van der Waals surface area contributed by atoms with Gasteiger partial charge in [-0.25, -0.2) is 4.39 Å². The Bertz CT molecular complexity index is 699. The van der Waals surface area contributed by atoms with Crippen molar-refractivity contribution in [1.82, 2.24) is 14.7 Å². The van der Waals surface area contributed by atoms with Crippen molar-refractivity contribution < 1.29 is 4.39 Å². The summed E-state index contributed by atoms with van der Waals surface area (Å²) in [6, 6.07) is 6.76. The van der Waals surface area contributed by atoms with Gasteiger partial charge >= 0.3 is 0 Å². The van der Waals surface area contributed by atoms with Crippen LogP contribution in [0.25, 0.3) is 0 Å². The molecule has 0 spiro atoms. The molecule has 0 atom stereocenters. The molecule has 166 valence electrons. The summed E-state index contributed by atoms with van der Waals surface area (Å²) >= 11 is 0. The number of piperidine rings is 2. The minimum Gasteiger partial charge on any atom is -0.370 e. The molecule has 0 unspecified atom stereocenters. The summed E-state index contributed by atoms with van der Waals surface area (Å²) in [5, 5.41) is 0. The van der Waals surface area contributed by atoms with Crippen molar-refractivity contribution in [3.05, 3.63) is 30.1 Å². The molecule has 3 aliphatic rings. The lowest BCUT2D eigenvalue weighted by molar-refractivity contribution is 0.0207. The first-order chi connectivity index (χ1) is 14.6. The third-order valence-electron chi connectivity index (χ3n) is 7.28. The minimum absolute atomic E-state index is 0.174. The highest BCUT2D eigenvalue weighted by atomic mass is 19.1. The largest absolute Gasteiger partial charge is 0.370 e. The van der Waals surface area contributed by atoms with Crippen molar-refractivity contribution in [2.45, 2.75) is 37.6 Å². The van der Waals surface area contributed by atoms with Crippen LogP contribution in [0.4, 0.5) is 10.1 Å². The molecule has 3 fully saturated rings. The Labute approximate surface area is 180 Å². The zero-order chi connectivity index (χ0) is 21.0. The number of rotatable bonds is 4. The molecule has 3 aliphatic heterocycles. The Hall–Kier alpha value is -1.86. The molecule has 2 N–H and O–H groups in total.